The molecule has 9 nitrogen and oxygen atoms in total. The van der Waals surface area contributed by atoms with E-state index in [1.807, 2.05) is 0 Å². The Morgan fingerprint density at radius 2 is 2.06 bits per heavy atom. The molecule has 0 radical (unpaired) electrons. The second kappa shape index (κ2) is 12.8. The summed E-state index contributed by atoms with van der Waals surface area (Å²) >= 11 is 0. The van der Waals surface area contributed by atoms with Crippen molar-refractivity contribution in [1.82, 2.24) is 20.2 Å². The lowest BCUT2D eigenvalue weighted by Crippen LogP contribution is -2.38. The van der Waals surface area contributed by atoms with E-state index in [1.165, 1.54) is 25.5 Å². The number of anilines is 1. The monoisotopic (exact) mass is 508 g/mol. The van der Waals surface area contributed by atoms with Crippen LogP contribution in [0.2, 0.25) is 0 Å². The van der Waals surface area contributed by atoms with Crippen molar-refractivity contribution in [3.8, 4) is 0 Å². The fraction of sp³-hybridized carbons (Fsp3) is 0.760. The SMILES string of the molecule is C[C@@H](COC(F)F)Nc1ncc(C(=O)N[C@H]2CCN(CC3CCC3)C2)c(N=CC2CCC(O)CC2)n1. The number of rotatable bonds is 11. The van der Waals surface area contributed by atoms with Gasteiger partial charge in [-0.15, -0.1) is 0 Å². The number of alkyl halides is 2. The van der Waals surface area contributed by atoms with E-state index < -0.39 is 12.7 Å². The van der Waals surface area contributed by atoms with Gasteiger partial charge in [-0.3, -0.25) is 4.79 Å². The maximum absolute atomic E-state index is 13.2. The van der Waals surface area contributed by atoms with Crippen LogP contribution < -0.4 is 10.6 Å². The minimum absolute atomic E-state index is 0.0681. The Labute approximate surface area is 211 Å². The molecule has 0 bridgehead atoms. The van der Waals surface area contributed by atoms with Gasteiger partial charge in [-0.25, -0.2) is 9.98 Å². The number of amides is 1. The first-order valence-corrected chi connectivity index (χ1v) is 13.1. The molecule has 1 aromatic heterocycles. The van der Waals surface area contributed by atoms with Crippen LogP contribution in [-0.2, 0) is 4.74 Å². The van der Waals surface area contributed by atoms with Crippen molar-refractivity contribution in [1.29, 1.82) is 0 Å². The van der Waals surface area contributed by atoms with Gasteiger partial charge in [0.15, 0.2) is 5.82 Å². The van der Waals surface area contributed by atoms with Gasteiger partial charge in [0.25, 0.3) is 5.91 Å². The summed E-state index contributed by atoms with van der Waals surface area (Å²) < 4.78 is 29.1. The highest BCUT2D eigenvalue weighted by molar-refractivity contribution is 5.98. The van der Waals surface area contributed by atoms with Crippen molar-refractivity contribution in [3.63, 3.8) is 0 Å². The van der Waals surface area contributed by atoms with Crippen LogP contribution in [0.15, 0.2) is 11.2 Å². The lowest BCUT2D eigenvalue weighted by Gasteiger charge is -2.30. The molecule has 200 valence electrons. The van der Waals surface area contributed by atoms with Gasteiger partial charge in [-0.1, -0.05) is 6.42 Å². The van der Waals surface area contributed by atoms with Crippen molar-refractivity contribution in [2.24, 2.45) is 16.8 Å². The number of halogens is 2. The Balaban J connectivity index is 1.42. The number of carbonyl (C=O) groups is 1. The summed E-state index contributed by atoms with van der Waals surface area (Å²) in [5, 5.41) is 15.8. The summed E-state index contributed by atoms with van der Waals surface area (Å²) in [4.78, 5) is 28.8. The number of aliphatic imine (C=N–C) groups is 1. The predicted molar refractivity (Wildman–Crippen MR) is 133 cm³/mol. The van der Waals surface area contributed by atoms with E-state index in [9.17, 15) is 18.7 Å². The molecule has 3 fully saturated rings. The zero-order valence-corrected chi connectivity index (χ0v) is 20.9. The lowest BCUT2D eigenvalue weighted by molar-refractivity contribution is -0.130. The number of aliphatic hydroxyl groups excluding tert-OH is 1. The number of ether oxygens (including phenoxy) is 1. The Bertz CT molecular complexity index is 893. The summed E-state index contributed by atoms with van der Waals surface area (Å²) in [6.45, 7) is 1.54. The van der Waals surface area contributed by atoms with Crippen LogP contribution in [0.4, 0.5) is 20.5 Å². The van der Waals surface area contributed by atoms with E-state index in [1.54, 1.807) is 13.1 Å². The number of hydrogen-bond acceptors (Lipinski definition) is 8. The van der Waals surface area contributed by atoms with Gasteiger partial charge in [0, 0.05) is 44.1 Å². The number of nitrogens with zero attached hydrogens (tertiary/aromatic N) is 4. The van der Waals surface area contributed by atoms with Crippen LogP contribution in [0, 0.1) is 11.8 Å². The van der Waals surface area contributed by atoms with E-state index in [-0.39, 0.29) is 47.9 Å². The molecule has 1 aliphatic heterocycles. The molecule has 2 heterocycles. The van der Waals surface area contributed by atoms with E-state index >= 15 is 0 Å². The van der Waals surface area contributed by atoms with E-state index in [0.29, 0.717) is 0 Å². The van der Waals surface area contributed by atoms with Gasteiger partial charge in [0.2, 0.25) is 5.95 Å². The van der Waals surface area contributed by atoms with E-state index in [0.717, 1.165) is 57.7 Å². The Morgan fingerprint density at radius 3 is 2.75 bits per heavy atom. The second-order valence-electron chi connectivity index (χ2n) is 10.4. The largest absolute Gasteiger partial charge is 0.393 e. The van der Waals surface area contributed by atoms with Gasteiger partial charge in [-0.05, 0) is 63.7 Å². The van der Waals surface area contributed by atoms with Gasteiger partial charge < -0.3 is 25.4 Å². The highest BCUT2D eigenvalue weighted by Gasteiger charge is 2.29. The summed E-state index contributed by atoms with van der Waals surface area (Å²) in [5.74, 6) is 1.16. The van der Waals surface area contributed by atoms with Gasteiger partial charge >= 0.3 is 6.61 Å². The molecule has 4 rings (SSSR count). The number of likely N-dealkylation sites (tertiary alicyclic amines) is 1. The summed E-state index contributed by atoms with van der Waals surface area (Å²) in [5.41, 5.74) is 0.279. The van der Waals surface area contributed by atoms with Crippen molar-refractivity contribution < 1.29 is 23.4 Å². The highest BCUT2D eigenvalue weighted by Crippen LogP contribution is 2.28. The van der Waals surface area contributed by atoms with Crippen LogP contribution >= 0.6 is 0 Å². The van der Waals surface area contributed by atoms with Crippen molar-refractivity contribution in [2.75, 3.05) is 31.6 Å². The fourth-order valence-corrected chi connectivity index (χ4v) is 5.03. The molecule has 1 aromatic rings. The van der Waals surface area contributed by atoms with E-state index in [2.05, 4.69) is 35.2 Å². The van der Waals surface area contributed by atoms with Crippen LogP contribution in [-0.4, -0.2) is 83.1 Å². The molecular formula is C25H38F2N6O3. The first-order valence-electron chi connectivity index (χ1n) is 13.1. The molecule has 2 atom stereocenters. The van der Waals surface area contributed by atoms with Crippen LogP contribution in [0.1, 0.15) is 68.6 Å². The first-order chi connectivity index (χ1) is 17.4. The quantitative estimate of drug-likeness (QED) is 0.393. The Morgan fingerprint density at radius 1 is 1.28 bits per heavy atom. The Kier molecular flexibility index (Phi) is 9.55. The summed E-state index contributed by atoms with van der Waals surface area (Å²) in [6.07, 6.45) is 10.9. The molecule has 1 saturated heterocycles. The lowest BCUT2D eigenvalue weighted by atomic mass is 9.85. The molecule has 36 heavy (non-hydrogen) atoms. The van der Waals surface area contributed by atoms with Gasteiger partial charge in [0.1, 0.15) is 5.56 Å². The number of aromatic nitrogens is 2. The molecule has 2 saturated carbocycles. The standard InChI is InChI=1S/C25H38F2N6O3/c1-16(15-36-24(26)27)30-25-29-12-21(22(32-25)28-11-17-5-7-20(34)8-6-17)23(35)31-19-9-10-33(14-19)13-18-3-2-4-18/h11-12,16-20,24,34H,2-10,13-15H2,1H3,(H,31,35)(H,29,30,32)/t16-,17?,19-,20?/m0/s1. The number of hydrogen-bond donors (Lipinski definition) is 3. The molecule has 0 unspecified atom stereocenters. The molecular weight excluding hydrogens is 470 g/mol. The van der Waals surface area contributed by atoms with Gasteiger partial charge in [-0.2, -0.15) is 13.8 Å². The minimum Gasteiger partial charge on any atom is -0.393 e. The maximum atomic E-state index is 13.2. The average Bonchev–Trinajstić information content (AvgIpc) is 3.26. The number of nitrogens with one attached hydrogen (secondary N) is 2. The van der Waals surface area contributed by atoms with Crippen molar-refractivity contribution >= 4 is 23.9 Å². The maximum Gasteiger partial charge on any atom is 0.345 e. The molecule has 3 aliphatic rings. The Hall–Kier alpha value is -2.24. The molecule has 3 N–H and O–H groups in total. The summed E-state index contributed by atoms with van der Waals surface area (Å²) in [7, 11) is 0. The average molecular weight is 509 g/mol. The molecule has 11 heteroatoms. The van der Waals surface area contributed by atoms with Gasteiger partial charge in [0.05, 0.1) is 12.7 Å². The number of carbonyl (C=O) groups excluding carboxylic acids is 1. The minimum atomic E-state index is -2.85. The van der Waals surface area contributed by atoms with Crippen molar-refractivity contribution in [3.05, 3.63) is 11.8 Å². The normalized spacial score (nSPS) is 26.3. The summed E-state index contributed by atoms with van der Waals surface area (Å²) in [6, 6.07) is -0.394. The highest BCUT2D eigenvalue weighted by atomic mass is 19.3. The zero-order chi connectivity index (χ0) is 25.5. The van der Waals surface area contributed by atoms with Crippen LogP contribution in [0.25, 0.3) is 0 Å². The third kappa shape index (κ3) is 7.88. The molecule has 2 aliphatic carbocycles. The number of aliphatic hydroxyl groups is 1. The molecule has 0 aromatic carbocycles. The van der Waals surface area contributed by atoms with E-state index in [4.69, 9.17) is 0 Å². The first kappa shape index (κ1) is 26.8. The molecule has 1 amide bonds. The van der Waals surface area contributed by atoms with Crippen LogP contribution in [0.5, 0.6) is 0 Å². The third-order valence-electron chi connectivity index (χ3n) is 7.36. The topological polar surface area (TPSA) is 112 Å². The predicted octanol–water partition coefficient (Wildman–Crippen LogP) is 3.37. The third-order valence-corrected chi connectivity index (χ3v) is 7.36. The van der Waals surface area contributed by atoms with Crippen molar-refractivity contribution in [2.45, 2.75) is 83.1 Å². The second-order valence-corrected chi connectivity index (χ2v) is 10.4. The molecule has 0 spiro atoms. The fourth-order valence-electron chi connectivity index (χ4n) is 5.03. The van der Waals surface area contributed by atoms with Crippen LogP contribution in [0.3, 0.4) is 0 Å². The zero-order valence-electron chi connectivity index (χ0n) is 20.9. The smallest absolute Gasteiger partial charge is 0.345 e.